The van der Waals surface area contributed by atoms with Gasteiger partial charge in [-0.05, 0) is 36.4 Å². The smallest absolute Gasteiger partial charge is 0.265 e. The fourth-order valence-corrected chi connectivity index (χ4v) is 4.03. The number of fused-ring (bicyclic) bond motifs is 1. The van der Waals surface area contributed by atoms with Crippen LogP contribution in [0.3, 0.4) is 0 Å². The average molecular weight is 426 g/mol. The van der Waals surface area contributed by atoms with E-state index in [9.17, 15) is 9.59 Å². The summed E-state index contributed by atoms with van der Waals surface area (Å²) < 4.78 is 10.6. The molecule has 2 aliphatic heterocycles. The first kappa shape index (κ1) is 21.0. The Morgan fingerprint density at radius 2 is 1.87 bits per heavy atom. The first-order valence-electron chi connectivity index (χ1n) is 10.7. The predicted octanol–water partition coefficient (Wildman–Crippen LogP) is -0.0581. The van der Waals surface area contributed by atoms with Crippen LogP contribution in [0.1, 0.15) is 0 Å². The van der Waals surface area contributed by atoms with Gasteiger partial charge in [-0.2, -0.15) is 0 Å². The lowest BCUT2D eigenvalue weighted by molar-refractivity contribution is -0.899. The van der Waals surface area contributed by atoms with Crippen molar-refractivity contribution in [2.45, 2.75) is 0 Å². The van der Waals surface area contributed by atoms with Gasteiger partial charge < -0.3 is 24.6 Å². The van der Waals surface area contributed by atoms with Gasteiger partial charge in [-0.3, -0.25) is 14.5 Å². The number of benzene rings is 2. The molecule has 1 saturated heterocycles. The largest absolute Gasteiger partial charge is 0.497 e. The van der Waals surface area contributed by atoms with Crippen molar-refractivity contribution in [3.8, 4) is 11.5 Å². The van der Waals surface area contributed by atoms with Crippen LogP contribution in [0.2, 0.25) is 0 Å². The van der Waals surface area contributed by atoms with Crippen molar-refractivity contribution in [2.75, 3.05) is 69.3 Å². The van der Waals surface area contributed by atoms with Gasteiger partial charge in [0, 0.05) is 5.69 Å². The minimum absolute atomic E-state index is 0.0137. The van der Waals surface area contributed by atoms with Gasteiger partial charge in [-0.15, -0.1) is 0 Å². The highest BCUT2D eigenvalue weighted by Crippen LogP contribution is 2.31. The molecule has 2 aliphatic rings. The summed E-state index contributed by atoms with van der Waals surface area (Å²) in [5.41, 5.74) is 1.86. The molecule has 2 aromatic carbocycles. The molecule has 0 aliphatic carbocycles. The number of quaternary nitrogens is 1. The van der Waals surface area contributed by atoms with Gasteiger partial charge in [0.05, 0.1) is 52.1 Å². The number of piperazine rings is 1. The molecule has 2 heterocycles. The maximum absolute atomic E-state index is 12.4. The Morgan fingerprint density at radius 1 is 1.13 bits per heavy atom. The summed E-state index contributed by atoms with van der Waals surface area (Å²) in [5.74, 6) is 1.15. The zero-order valence-electron chi connectivity index (χ0n) is 17.8. The molecular weight excluding hydrogens is 396 g/mol. The molecule has 0 radical (unpaired) electrons. The highest BCUT2D eigenvalue weighted by Gasteiger charge is 2.27. The van der Waals surface area contributed by atoms with Crippen LogP contribution in [0.4, 0.5) is 11.4 Å². The normalized spacial score (nSPS) is 16.5. The second-order valence-electron chi connectivity index (χ2n) is 7.77. The average Bonchev–Trinajstić information content (AvgIpc) is 2.81. The fourth-order valence-electron chi connectivity index (χ4n) is 4.03. The van der Waals surface area contributed by atoms with Crippen molar-refractivity contribution < 1.29 is 24.0 Å². The second kappa shape index (κ2) is 9.70. The molecule has 2 N–H and O–H groups in total. The van der Waals surface area contributed by atoms with E-state index < -0.39 is 0 Å². The van der Waals surface area contributed by atoms with E-state index in [0.29, 0.717) is 18.0 Å². The third kappa shape index (κ3) is 5.08. The molecule has 0 atom stereocenters. The summed E-state index contributed by atoms with van der Waals surface area (Å²) in [6.45, 7) is 5.46. The summed E-state index contributed by atoms with van der Waals surface area (Å²) in [5, 5.41) is 2.96. The monoisotopic (exact) mass is 425 g/mol. The van der Waals surface area contributed by atoms with Crippen molar-refractivity contribution in [3.05, 3.63) is 48.5 Å². The number of ether oxygens (including phenoxy) is 2. The Morgan fingerprint density at radius 3 is 2.61 bits per heavy atom. The molecule has 1 fully saturated rings. The molecule has 2 aromatic rings. The first-order chi connectivity index (χ1) is 15.1. The maximum atomic E-state index is 12.4. The minimum atomic E-state index is -0.200. The van der Waals surface area contributed by atoms with Gasteiger partial charge in [0.1, 0.15) is 18.0 Å². The van der Waals surface area contributed by atoms with E-state index in [0.717, 1.165) is 38.5 Å². The Kier molecular flexibility index (Phi) is 6.57. The highest BCUT2D eigenvalue weighted by atomic mass is 16.5. The third-order valence-electron chi connectivity index (χ3n) is 5.82. The summed E-state index contributed by atoms with van der Waals surface area (Å²) in [6.07, 6.45) is 0. The molecule has 4 rings (SSSR count). The number of nitrogens with one attached hydrogen (secondary N) is 2. The Labute approximate surface area is 182 Å². The van der Waals surface area contributed by atoms with Crippen molar-refractivity contribution in [1.29, 1.82) is 0 Å². The van der Waals surface area contributed by atoms with E-state index in [2.05, 4.69) is 22.3 Å². The minimum Gasteiger partial charge on any atom is -0.497 e. The Balaban J connectivity index is 1.20. The number of methoxy groups -OCH3 is 1. The zero-order valence-corrected chi connectivity index (χ0v) is 17.8. The van der Waals surface area contributed by atoms with Gasteiger partial charge in [0.2, 0.25) is 5.91 Å². The fraction of sp³-hybridized carbons (Fsp3) is 0.391. The van der Waals surface area contributed by atoms with Crippen LogP contribution >= 0.6 is 0 Å². The number of amides is 2. The summed E-state index contributed by atoms with van der Waals surface area (Å²) >= 11 is 0. The van der Waals surface area contributed by atoms with Crippen molar-refractivity contribution in [3.63, 3.8) is 0 Å². The van der Waals surface area contributed by atoms with E-state index >= 15 is 0 Å². The molecule has 8 nitrogen and oxygen atoms in total. The van der Waals surface area contributed by atoms with Crippen LogP contribution in [0, 0.1) is 0 Å². The molecule has 0 bridgehead atoms. The van der Waals surface area contributed by atoms with Crippen LogP contribution in [-0.2, 0) is 9.59 Å². The topological polar surface area (TPSA) is 75.5 Å². The highest BCUT2D eigenvalue weighted by molar-refractivity contribution is 6.02. The van der Waals surface area contributed by atoms with E-state index in [4.69, 9.17) is 9.47 Å². The predicted molar refractivity (Wildman–Crippen MR) is 118 cm³/mol. The molecule has 31 heavy (non-hydrogen) atoms. The van der Waals surface area contributed by atoms with Crippen molar-refractivity contribution >= 4 is 23.2 Å². The number of carbonyl (C=O) groups is 2. The third-order valence-corrected chi connectivity index (χ3v) is 5.82. The van der Waals surface area contributed by atoms with Crippen LogP contribution in [0.25, 0.3) is 0 Å². The lowest BCUT2D eigenvalue weighted by Gasteiger charge is -2.33. The van der Waals surface area contributed by atoms with Gasteiger partial charge >= 0.3 is 0 Å². The molecule has 0 unspecified atom stereocenters. The lowest BCUT2D eigenvalue weighted by atomic mass is 10.2. The quantitative estimate of drug-likeness (QED) is 0.650. The Hall–Kier alpha value is -3.26. The molecular formula is C23H29N4O4+. The van der Waals surface area contributed by atoms with Crippen molar-refractivity contribution in [1.82, 2.24) is 5.32 Å². The molecule has 0 aromatic heterocycles. The molecule has 0 spiro atoms. The number of hydrogen-bond donors (Lipinski definition) is 2. The van der Waals surface area contributed by atoms with E-state index in [-0.39, 0.29) is 25.0 Å². The number of nitrogens with zero attached hydrogens (tertiary/aromatic N) is 2. The summed E-state index contributed by atoms with van der Waals surface area (Å²) in [7, 11) is 1.67. The van der Waals surface area contributed by atoms with E-state index in [1.165, 1.54) is 15.5 Å². The number of para-hydroxylation sites is 2. The summed E-state index contributed by atoms with van der Waals surface area (Å²) in [4.78, 5) is 30.0. The summed E-state index contributed by atoms with van der Waals surface area (Å²) in [6, 6.07) is 15.5. The number of anilines is 2. The Bertz CT molecular complexity index is 910. The number of hydrogen-bond acceptors (Lipinski definition) is 5. The van der Waals surface area contributed by atoms with E-state index in [1.54, 1.807) is 13.2 Å². The van der Waals surface area contributed by atoms with E-state index in [1.807, 2.05) is 30.3 Å². The first-order valence-corrected chi connectivity index (χ1v) is 10.7. The number of carbonyl (C=O) groups excluding carboxylic acids is 2. The van der Waals surface area contributed by atoms with Gasteiger partial charge in [0.15, 0.2) is 6.61 Å². The SMILES string of the molecule is COc1ccc(N2CC[NH+](CCNC(=O)CN3C(=O)COc4ccccc43)CC2)cc1. The zero-order chi connectivity index (χ0) is 21.6. The van der Waals surface area contributed by atoms with Crippen LogP contribution in [-0.4, -0.2) is 71.3 Å². The number of rotatable bonds is 7. The van der Waals surface area contributed by atoms with Crippen LogP contribution in [0.5, 0.6) is 11.5 Å². The molecule has 164 valence electrons. The maximum Gasteiger partial charge on any atom is 0.265 e. The van der Waals surface area contributed by atoms with Gasteiger partial charge in [0.25, 0.3) is 5.91 Å². The van der Waals surface area contributed by atoms with Crippen LogP contribution < -0.4 is 29.5 Å². The second-order valence-corrected chi connectivity index (χ2v) is 7.77. The molecule has 0 saturated carbocycles. The van der Waals surface area contributed by atoms with Crippen LogP contribution in [0.15, 0.2) is 48.5 Å². The van der Waals surface area contributed by atoms with Crippen molar-refractivity contribution in [2.24, 2.45) is 0 Å². The molecule has 2 amide bonds. The lowest BCUT2D eigenvalue weighted by Crippen LogP contribution is -3.15. The standard InChI is InChI=1S/C23H28N4O4/c1-30-19-8-6-18(7-9-19)26-14-12-25(13-15-26)11-10-24-22(28)16-27-20-4-2-3-5-21(20)31-17-23(27)29/h2-9H,10-17H2,1H3,(H,24,28)/p+1. The van der Waals surface area contributed by atoms with Gasteiger partial charge in [-0.25, -0.2) is 0 Å². The van der Waals surface area contributed by atoms with Gasteiger partial charge in [-0.1, -0.05) is 12.1 Å². The molecule has 8 heteroatoms.